The van der Waals surface area contributed by atoms with E-state index in [1.54, 1.807) is 24.3 Å². The van der Waals surface area contributed by atoms with Gasteiger partial charge in [0.2, 0.25) is 0 Å². The maximum atomic E-state index is 14.0. The van der Waals surface area contributed by atoms with Gasteiger partial charge < -0.3 is 9.64 Å². The summed E-state index contributed by atoms with van der Waals surface area (Å²) in [5.74, 6) is -0.559. The van der Waals surface area contributed by atoms with Gasteiger partial charge in [-0.2, -0.15) is 0 Å². The largest absolute Gasteiger partial charge is 0.368 e. The van der Waals surface area contributed by atoms with Crippen LogP contribution in [0.4, 0.5) is 8.78 Å². The lowest BCUT2D eigenvalue weighted by molar-refractivity contribution is 0.0272. The molecule has 1 aliphatic heterocycles. The molecule has 2 nitrogen and oxygen atoms in total. The fourth-order valence-corrected chi connectivity index (χ4v) is 4.17. The molecule has 0 bridgehead atoms. The monoisotopic (exact) mass is 341 g/mol. The first-order valence-corrected chi connectivity index (χ1v) is 8.53. The molecule has 0 amide bonds. The van der Waals surface area contributed by atoms with E-state index in [0.29, 0.717) is 0 Å². The van der Waals surface area contributed by atoms with Gasteiger partial charge in [0.1, 0.15) is 11.6 Å². The van der Waals surface area contributed by atoms with E-state index in [1.807, 2.05) is 14.1 Å². The van der Waals surface area contributed by atoms with Crippen molar-refractivity contribution in [3.05, 3.63) is 76.9 Å². The average molecular weight is 341 g/mol. The number of ether oxygens (including phenoxy) is 1. The Balaban J connectivity index is 1.88. The van der Waals surface area contributed by atoms with Gasteiger partial charge in [-0.25, -0.2) is 8.78 Å². The third-order valence-electron chi connectivity index (χ3n) is 5.17. The van der Waals surface area contributed by atoms with Crippen LogP contribution in [0.5, 0.6) is 0 Å². The van der Waals surface area contributed by atoms with Gasteiger partial charge in [-0.15, -0.1) is 0 Å². The van der Waals surface area contributed by atoms with Crippen molar-refractivity contribution in [1.29, 1.82) is 0 Å². The molecule has 0 saturated carbocycles. The van der Waals surface area contributed by atoms with Crippen molar-refractivity contribution in [2.75, 3.05) is 20.6 Å². The van der Waals surface area contributed by atoms with Gasteiger partial charge >= 0.3 is 0 Å². The summed E-state index contributed by atoms with van der Waals surface area (Å²) in [5.41, 5.74) is 4.33. The summed E-state index contributed by atoms with van der Waals surface area (Å²) in [6.45, 7) is 4.98. The lowest BCUT2D eigenvalue weighted by Gasteiger charge is -2.20. The van der Waals surface area contributed by atoms with Crippen LogP contribution in [0, 0.1) is 11.6 Å². The summed E-state index contributed by atoms with van der Waals surface area (Å²) < 4.78 is 34.2. The normalized spacial score (nSPS) is 24.7. The third kappa shape index (κ3) is 2.79. The number of likely N-dealkylation sites (N-methyl/N-ethyl adjacent to an activating group) is 1. The predicted molar refractivity (Wildman–Crippen MR) is 94.5 cm³/mol. The molecule has 0 radical (unpaired) electrons. The Morgan fingerprint density at radius 1 is 1.04 bits per heavy atom. The highest BCUT2D eigenvalue weighted by Crippen LogP contribution is 2.51. The molecule has 130 valence electrons. The first kappa shape index (κ1) is 16.4. The molecular formula is C21H21F2NO. The molecule has 2 aromatic carbocycles. The molecule has 3 atom stereocenters. The minimum atomic E-state index is -0.290. The lowest BCUT2D eigenvalue weighted by Crippen LogP contribution is -2.25. The molecule has 4 heteroatoms. The Labute approximate surface area is 146 Å². The van der Waals surface area contributed by atoms with Gasteiger partial charge in [0.15, 0.2) is 0 Å². The fraction of sp³-hybridized carbons (Fsp3) is 0.333. The smallest absolute Gasteiger partial charge is 0.123 e. The van der Waals surface area contributed by atoms with Crippen LogP contribution in [0.15, 0.2) is 43.0 Å². The Morgan fingerprint density at radius 3 is 2.28 bits per heavy atom. The van der Waals surface area contributed by atoms with E-state index >= 15 is 0 Å². The topological polar surface area (TPSA) is 12.5 Å². The summed E-state index contributed by atoms with van der Waals surface area (Å²) in [6.07, 6.45) is 0.529. The third-order valence-corrected chi connectivity index (χ3v) is 5.17. The molecule has 2 aliphatic rings. The minimum absolute atomic E-state index is 0.00421. The molecule has 0 N–H and O–H groups in total. The van der Waals surface area contributed by atoms with Crippen molar-refractivity contribution in [1.82, 2.24) is 4.90 Å². The summed E-state index contributed by atoms with van der Waals surface area (Å²) in [4.78, 5) is 2.08. The quantitative estimate of drug-likeness (QED) is 0.797. The highest BCUT2D eigenvalue weighted by Gasteiger charge is 2.41. The van der Waals surface area contributed by atoms with E-state index in [1.165, 1.54) is 12.1 Å². The number of hydrogen-bond acceptors (Lipinski definition) is 2. The molecule has 2 aromatic rings. The van der Waals surface area contributed by atoms with Crippen molar-refractivity contribution < 1.29 is 13.5 Å². The zero-order valence-electron chi connectivity index (χ0n) is 14.4. The molecule has 1 heterocycles. The molecular weight excluding hydrogens is 320 g/mol. The van der Waals surface area contributed by atoms with Crippen molar-refractivity contribution >= 4 is 5.57 Å². The van der Waals surface area contributed by atoms with E-state index in [9.17, 15) is 8.78 Å². The van der Waals surface area contributed by atoms with Gasteiger partial charge in [0.25, 0.3) is 0 Å². The first-order valence-electron chi connectivity index (χ1n) is 8.53. The van der Waals surface area contributed by atoms with Gasteiger partial charge in [-0.3, -0.25) is 0 Å². The van der Waals surface area contributed by atoms with Crippen molar-refractivity contribution in [2.45, 2.75) is 24.5 Å². The van der Waals surface area contributed by atoms with Gasteiger partial charge in [-0.1, -0.05) is 18.7 Å². The minimum Gasteiger partial charge on any atom is -0.368 e. The van der Waals surface area contributed by atoms with Crippen LogP contribution in [0.3, 0.4) is 0 Å². The highest BCUT2D eigenvalue weighted by molar-refractivity contribution is 5.83. The number of hydrogen-bond donors (Lipinski definition) is 0. The van der Waals surface area contributed by atoms with E-state index in [0.717, 1.165) is 40.8 Å². The maximum absolute atomic E-state index is 14.0. The second kappa shape index (κ2) is 6.04. The highest BCUT2D eigenvalue weighted by atomic mass is 19.1. The van der Waals surface area contributed by atoms with E-state index < -0.39 is 0 Å². The second-order valence-electron chi connectivity index (χ2n) is 7.22. The zero-order chi connectivity index (χ0) is 17.7. The molecule has 1 saturated heterocycles. The van der Waals surface area contributed by atoms with E-state index in [4.69, 9.17) is 4.74 Å². The van der Waals surface area contributed by atoms with Crippen LogP contribution < -0.4 is 0 Å². The van der Waals surface area contributed by atoms with Crippen LogP contribution in [0.2, 0.25) is 0 Å². The van der Waals surface area contributed by atoms with E-state index in [2.05, 4.69) is 11.5 Å². The lowest BCUT2D eigenvalue weighted by atomic mass is 9.87. The standard InChI is InChI=1S/C21H21F2NO/c1-12-16-6-4-13(22)8-18(16)20-10-15(11-24(2)3)25-21(20)19-9-14(23)5-7-17(12)19/h4-9,15,20-21H,1,10-11H2,2-3H3. The Hall–Kier alpha value is -2.04. The van der Waals surface area contributed by atoms with Gasteiger partial charge in [0.05, 0.1) is 12.2 Å². The predicted octanol–water partition coefficient (Wildman–Crippen LogP) is 4.52. The molecule has 1 fully saturated rings. The van der Waals surface area contributed by atoms with Crippen molar-refractivity contribution in [3.8, 4) is 0 Å². The molecule has 3 unspecified atom stereocenters. The molecule has 0 aromatic heterocycles. The number of fused-ring (bicyclic) bond motifs is 5. The summed E-state index contributed by atoms with van der Waals surface area (Å²) in [5, 5.41) is 0. The number of rotatable bonds is 2. The average Bonchev–Trinajstić information content (AvgIpc) is 2.93. The molecule has 25 heavy (non-hydrogen) atoms. The Morgan fingerprint density at radius 2 is 1.64 bits per heavy atom. The zero-order valence-corrected chi connectivity index (χ0v) is 14.4. The first-order chi connectivity index (χ1) is 11.9. The number of halogens is 2. The molecule has 1 aliphatic carbocycles. The molecule has 4 rings (SSSR count). The Bertz CT molecular complexity index is 782. The van der Waals surface area contributed by atoms with Crippen LogP contribution in [0.25, 0.3) is 5.57 Å². The van der Waals surface area contributed by atoms with Crippen molar-refractivity contribution in [3.63, 3.8) is 0 Å². The van der Waals surface area contributed by atoms with Crippen LogP contribution in [0.1, 0.15) is 40.7 Å². The van der Waals surface area contributed by atoms with Gasteiger partial charge in [-0.05, 0) is 72.6 Å². The van der Waals surface area contributed by atoms with Gasteiger partial charge in [0, 0.05) is 12.5 Å². The SMILES string of the molecule is C=C1c2ccc(F)cc2C2CC(CN(C)C)OC2c2cc(F)ccc21. The summed E-state index contributed by atoms with van der Waals surface area (Å²) in [6, 6.07) is 9.56. The number of benzene rings is 2. The fourth-order valence-electron chi connectivity index (χ4n) is 4.17. The summed E-state index contributed by atoms with van der Waals surface area (Å²) in [7, 11) is 4.00. The summed E-state index contributed by atoms with van der Waals surface area (Å²) >= 11 is 0. The maximum Gasteiger partial charge on any atom is 0.123 e. The second-order valence-corrected chi connectivity index (χ2v) is 7.22. The van der Waals surface area contributed by atoms with Crippen LogP contribution in [-0.2, 0) is 4.74 Å². The van der Waals surface area contributed by atoms with Crippen molar-refractivity contribution in [2.24, 2.45) is 0 Å². The number of nitrogens with zero attached hydrogens (tertiary/aromatic N) is 1. The van der Waals surface area contributed by atoms with Crippen LogP contribution >= 0.6 is 0 Å². The van der Waals surface area contributed by atoms with E-state index in [-0.39, 0.29) is 29.8 Å². The van der Waals surface area contributed by atoms with Crippen LogP contribution in [-0.4, -0.2) is 31.6 Å². The molecule has 0 spiro atoms. The Kier molecular flexibility index (Phi) is 3.97.